The molecule has 1 fully saturated rings. The summed E-state index contributed by atoms with van der Waals surface area (Å²) in [5.74, 6) is 0. The molecule has 0 unspecified atom stereocenters. The highest BCUT2D eigenvalue weighted by Gasteiger charge is 2.14. The number of nitrogens with one attached hydrogen (secondary N) is 1. The van der Waals surface area contributed by atoms with Crippen LogP contribution in [0.15, 0.2) is 18.2 Å². The van der Waals surface area contributed by atoms with Crippen molar-refractivity contribution in [2.24, 2.45) is 0 Å². The van der Waals surface area contributed by atoms with Gasteiger partial charge in [0.1, 0.15) is 0 Å². The third-order valence-corrected chi connectivity index (χ3v) is 3.59. The molecular weight excluding hydrogens is 250 g/mol. The second kappa shape index (κ2) is 5.58. The smallest absolute Gasteiger partial charge is 0.222 e. The first kappa shape index (κ1) is 13.2. The van der Waals surface area contributed by atoms with E-state index in [4.69, 9.17) is 0 Å². The Hall–Kier alpha value is -1.27. The summed E-state index contributed by atoms with van der Waals surface area (Å²) in [4.78, 5) is 4.58. The number of benzene rings is 1. The van der Waals surface area contributed by atoms with Crippen LogP contribution in [0.2, 0.25) is 0 Å². The van der Waals surface area contributed by atoms with Gasteiger partial charge >= 0.3 is 0 Å². The molecule has 1 aliphatic heterocycles. The average molecular weight is 269 g/mol. The molecule has 0 aromatic heterocycles. The van der Waals surface area contributed by atoms with Gasteiger partial charge in [0.05, 0.1) is 5.69 Å². The maximum absolute atomic E-state index is 10.7. The van der Waals surface area contributed by atoms with Gasteiger partial charge in [0, 0.05) is 31.9 Å². The maximum atomic E-state index is 10.7. The lowest BCUT2D eigenvalue weighted by atomic mass is 10.1. The van der Waals surface area contributed by atoms with Crippen LogP contribution in [-0.4, -0.2) is 46.5 Å². The lowest BCUT2D eigenvalue weighted by Gasteiger charge is -2.34. The van der Waals surface area contributed by atoms with Crippen LogP contribution >= 0.6 is 0 Å². The molecule has 18 heavy (non-hydrogen) atoms. The highest BCUT2D eigenvalue weighted by atomic mass is 32.2. The van der Waals surface area contributed by atoms with E-state index in [0.717, 1.165) is 37.4 Å². The van der Waals surface area contributed by atoms with Crippen molar-refractivity contribution in [2.45, 2.75) is 6.92 Å². The highest BCUT2D eigenvalue weighted by molar-refractivity contribution is 7.73. The molecule has 0 atom stereocenters. The predicted octanol–water partition coefficient (Wildman–Crippen LogP) is 0.685. The van der Waals surface area contributed by atoms with Crippen molar-refractivity contribution in [3.05, 3.63) is 23.8 Å². The fourth-order valence-electron chi connectivity index (χ4n) is 2.18. The van der Waals surface area contributed by atoms with E-state index in [1.165, 1.54) is 0 Å². The Morgan fingerprint density at radius 3 is 2.39 bits per heavy atom. The Kier molecular flexibility index (Phi) is 4.08. The third-order valence-electron chi connectivity index (χ3n) is 3.15. The largest absolute Gasteiger partial charge is 0.369 e. The maximum Gasteiger partial charge on any atom is 0.222 e. The minimum absolute atomic E-state index is 0.639. The fraction of sp³-hybridized carbons (Fsp3) is 0.500. The van der Waals surface area contributed by atoms with Crippen LogP contribution in [0.25, 0.3) is 0 Å². The number of hydrogen-bond acceptors (Lipinski definition) is 4. The van der Waals surface area contributed by atoms with Crippen molar-refractivity contribution in [1.82, 2.24) is 4.90 Å². The topological polar surface area (TPSA) is 52.7 Å². The van der Waals surface area contributed by atoms with Crippen molar-refractivity contribution in [3.8, 4) is 0 Å². The van der Waals surface area contributed by atoms with Gasteiger partial charge in [-0.1, -0.05) is 0 Å². The molecule has 1 saturated heterocycles. The molecule has 1 aromatic rings. The van der Waals surface area contributed by atoms with E-state index in [9.17, 15) is 8.42 Å². The van der Waals surface area contributed by atoms with Crippen LogP contribution < -0.4 is 9.62 Å². The standard InChI is InChI=1S/C12H19N3O2S/c1-10-7-11(13-18(16)17)9-12(8-10)15-5-3-14(2)4-6-15/h7-9,18H,3-6H2,1-2H3,(H,13,16,17). The van der Waals surface area contributed by atoms with Crippen LogP contribution in [0, 0.1) is 6.92 Å². The SMILES string of the molecule is Cc1cc(N[SH](=O)=O)cc(N2CCN(C)CC2)c1. The quantitative estimate of drug-likeness (QED) is 0.793. The summed E-state index contributed by atoms with van der Waals surface area (Å²) in [6.07, 6.45) is 0. The molecule has 5 nitrogen and oxygen atoms in total. The second-order valence-corrected chi connectivity index (χ2v) is 5.45. The Morgan fingerprint density at radius 1 is 1.11 bits per heavy atom. The van der Waals surface area contributed by atoms with Gasteiger partial charge in [0.15, 0.2) is 0 Å². The molecule has 0 spiro atoms. The zero-order chi connectivity index (χ0) is 13.1. The first-order valence-electron chi connectivity index (χ1n) is 6.01. The van der Waals surface area contributed by atoms with Crippen molar-refractivity contribution in [3.63, 3.8) is 0 Å². The average Bonchev–Trinajstić information content (AvgIpc) is 2.28. The summed E-state index contributed by atoms with van der Waals surface area (Å²) in [5, 5.41) is 0. The number of likely N-dealkylation sites (N-methyl/N-ethyl adjacent to an activating group) is 1. The van der Waals surface area contributed by atoms with Crippen molar-refractivity contribution in [2.75, 3.05) is 42.8 Å². The number of aryl methyl sites for hydroxylation is 1. The Bertz CT molecular complexity index is 486. The molecule has 1 aliphatic rings. The van der Waals surface area contributed by atoms with Gasteiger partial charge in [-0.25, -0.2) is 8.42 Å². The lowest BCUT2D eigenvalue weighted by molar-refractivity contribution is 0.313. The summed E-state index contributed by atoms with van der Waals surface area (Å²) in [6, 6.07) is 5.82. The van der Waals surface area contributed by atoms with E-state index in [2.05, 4.69) is 27.6 Å². The minimum atomic E-state index is -2.60. The van der Waals surface area contributed by atoms with E-state index in [1.54, 1.807) is 0 Å². The Balaban J connectivity index is 2.19. The fourth-order valence-corrected chi connectivity index (χ4v) is 2.52. The molecular formula is C12H19N3O2S. The zero-order valence-electron chi connectivity index (χ0n) is 10.7. The van der Waals surface area contributed by atoms with Crippen LogP contribution in [-0.2, 0) is 10.9 Å². The number of anilines is 2. The number of piperazine rings is 1. The second-order valence-electron chi connectivity index (χ2n) is 4.72. The van der Waals surface area contributed by atoms with E-state index in [1.807, 2.05) is 19.1 Å². The lowest BCUT2D eigenvalue weighted by Crippen LogP contribution is -2.44. The monoisotopic (exact) mass is 269 g/mol. The third kappa shape index (κ3) is 3.36. The number of hydrogen-bond donors (Lipinski definition) is 2. The normalized spacial score (nSPS) is 17.2. The predicted molar refractivity (Wildman–Crippen MR) is 74.8 cm³/mol. The van der Waals surface area contributed by atoms with Crippen LogP contribution in [0.3, 0.4) is 0 Å². The van der Waals surface area contributed by atoms with E-state index < -0.39 is 10.9 Å². The van der Waals surface area contributed by atoms with Crippen LogP contribution in [0.4, 0.5) is 11.4 Å². The van der Waals surface area contributed by atoms with Crippen molar-refractivity contribution >= 4 is 22.3 Å². The molecule has 0 amide bonds. The van der Waals surface area contributed by atoms with Gasteiger partial charge in [0.25, 0.3) is 0 Å². The Morgan fingerprint density at radius 2 is 1.78 bits per heavy atom. The molecule has 100 valence electrons. The van der Waals surface area contributed by atoms with Gasteiger partial charge in [0.2, 0.25) is 10.9 Å². The molecule has 0 saturated carbocycles. The molecule has 0 bridgehead atoms. The van der Waals surface area contributed by atoms with Crippen LogP contribution in [0.5, 0.6) is 0 Å². The van der Waals surface area contributed by atoms with Crippen LogP contribution in [0.1, 0.15) is 5.56 Å². The summed E-state index contributed by atoms with van der Waals surface area (Å²) < 4.78 is 23.9. The van der Waals surface area contributed by atoms with Gasteiger partial charge in [-0.15, -0.1) is 0 Å². The molecule has 0 aliphatic carbocycles. The first-order chi connectivity index (χ1) is 8.54. The molecule has 1 N–H and O–H groups in total. The molecule has 2 rings (SSSR count). The van der Waals surface area contributed by atoms with Gasteiger partial charge in [-0.2, -0.15) is 0 Å². The number of rotatable bonds is 3. The van der Waals surface area contributed by atoms with Gasteiger partial charge in [-0.05, 0) is 37.7 Å². The molecule has 0 radical (unpaired) electrons. The first-order valence-corrected chi connectivity index (χ1v) is 7.18. The molecule has 1 heterocycles. The van der Waals surface area contributed by atoms with Gasteiger partial charge in [-0.3, -0.25) is 4.72 Å². The molecule has 6 heteroatoms. The van der Waals surface area contributed by atoms with Crippen molar-refractivity contribution in [1.29, 1.82) is 0 Å². The van der Waals surface area contributed by atoms with E-state index in [-0.39, 0.29) is 0 Å². The summed E-state index contributed by atoms with van der Waals surface area (Å²) >= 11 is 0. The number of nitrogens with zero attached hydrogens (tertiary/aromatic N) is 2. The van der Waals surface area contributed by atoms with Crippen molar-refractivity contribution < 1.29 is 8.42 Å². The minimum Gasteiger partial charge on any atom is -0.369 e. The number of thiol groups is 1. The zero-order valence-corrected chi connectivity index (χ0v) is 11.6. The Labute approximate surface area is 109 Å². The van der Waals surface area contributed by atoms with E-state index in [0.29, 0.717) is 5.69 Å². The molecule has 1 aromatic carbocycles. The van der Waals surface area contributed by atoms with E-state index >= 15 is 0 Å². The van der Waals surface area contributed by atoms with Gasteiger partial charge < -0.3 is 9.80 Å². The summed E-state index contributed by atoms with van der Waals surface area (Å²) in [6.45, 7) is 5.99. The summed E-state index contributed by atoms with van der Waals surface area (Å²) in [7, 11) is -0.489. The highest BCUT2D eigenvalue weighted by Crippen LogP contribution is 2.23. The summed E-state index contributed by atoms with van der Waals surface area (Å²) in [5.41, 5.74) is 2.79.